The minimum absolute atomic E-state index is 0.000957. The molecule has 4 rings (SSSR count). The fourth-order valence-corrected chi connectivity index (χ4v) is 4.83. The van der Waals surface area contributed by atoms with E-state index in [9.17, 15) is 35.7 Å². The first-order valence-corrected chi connectivity index (χ1v) is 17.2. The first-order valence-electron chi connectivity index (χ1n) is 14.1. The van der Waals surface area contributed by atoms with Crippen molar-refractivity contribution >= 4 is 61.2 Å². The van der Waals surface area contributed by atoms with Crippen molar-refractivity contribution in [3.63, 3.8) is 0 Å². The summed E-state index contributed by atoms with van der Waals surface area (Å²) in [7, 11) is -8.31. The summed E-state index contributed by atoms with van der Waals surface area (Å²) in [5, 5.41) is 29.4. The number of hydrazone groups is 1. The Labute approximate surface area is 284 Å². The number of carbonyl (C=O) groups excluding carboxylic acids is 1. The average Bonchev–Trinajstić information content (AvgIpc) is 3.08. The molecule has 4 aromatic rings. The summed E-state index contributed by atoms with van der Waals surface area (Å²) < 4.78 is 81.4. The fraction of sp³-hybridized carbons (Fsp3) is 0.138. The molecular formula is C29H28FN9O9S2. The molecule has 0 fully saturated rings. The van der Waals surface area contributed by atoms with Crippen LogP contribution in [0.5, 0.6) is 11.5 Å². The number of benzene rings is 3. The van der Waals surface area contributed by atoms with Crippen molar-refractivity contribution in [2.24, 2.45) is 15.3 Å². The van der Waals surface area contributed by atoms with Crippen LogP contribution in [-0.4, -0.2) is 79.3 Å². The van der Waals surface area contributed by atoms with Crippen LogP contribution in [-0.2, 0) is 29.5 Å². The normalized spacial score (nSPS) is 12.0. The number of anilines is 4. The molecule has 0 radical (unpaired) electrons. The Morgan fingerprint density at radius 2 is 1.66 bits per heavy atom. The molecule has 0 aliphatic heterocycles. The Bertz CT molecular complexity index is 2120. The zero-order valence-corrected chi connectivity index (χ0v) is 27.3. The lowest BCUT2D eigenvalue weighted by molar-refractivity contribution is -0.120. The van der Waals surface area contributed by atoms with Crippen LogP contribution in [0.4, 0.5) is 33.3 Å². The number of ether oxygens (including phenoxy) is 2. The zero-order chi connectivity index (χ0) is 36.1. The fourth-order valence-electron chi connectivity index (χ4n) is 3.78. The van der Waals surface area contributed by atoms with Crippen molar-refractivity contribution in [1.82, 2.24) is 15.0 Å². The third-order valence-corrected chi connectivity index (χ3v) is 8.21. The van der Waals surface area contributed by atoms with Crippen molar-refractivity contribution in [1.29, 1.82) is 0 Å². The van der Waals surface area contributed by atoms with Gasteiger partial charge in [-0.2, -0.15) is 32.9 Å². The van der Waals surface area contributed by atoms with Crippen LogP contribution < -0.4 is 20.8 Å². The molecule has 1 heterocycles. The number of halogens is 1. The van der Waals surface area contributed by atoms with Crippen LogP contribution in [0, 0.1) is 6.08 Å². The van der Waals surface area contributed by atoms with E-state index in [1.807, 2.05) is 0 Å². The van der Waals surface area contributed by atoms with Gasteiger partial charge in [0.2, 0.25) is 17.7 Å². The van der Waals surface area contributed by atoms with Crippen molar-refractivity contribution in [3.05, 3.63) is 90.4 Å². The SMILES string of the molecule is C=CS(=O)(=O)CCOCCNc1nc(F)nc(Nc2cc(S(=O)(=O)O)cc(NN=C(N=Nc3ccccc3OC=O)c3ccccc3)c2O)n1. The summed E-state index contributed by atoms with van der Waals surface area (Å²) in [4.78, 5) is 21.1. The Morgan fingerprint density at radius 1 is 0.960 bits per heavy atom. The van der Waals surface area contributed by atoms with Gasteiger partial charge in [-0.05, 0) is 24.3 Å². The van der Waals surface area contributed by atoms with Gasteiger partial charge in [0, 0.05) is 17.5 Å². The molecule has 0 spiro atoms. The number of aromatic hydroxyl groups is 1. The highest BCUT2D eigenvalue weighted by molar-refractivity contribution is 7.94. The highest BCUT2D eigenvalue weighted by Gasteiger charge is 2.19. The lowest BCUT2D eigenvalue weighted by atomic mass is 10.2. The predicted molar refractivity (Wildman–Crippen MR) is 179 cm³/mol. The second-order valence-corrected chi connectivity index (χ2v) is 13.1. The number of rotatable bonds is 17. The Hall–Kier alpha value is -5.90. The summed E-state index contributed by atoms with van der Waals surface area (Å²) >= 11 is 0. The monoisotopic (exact) mass is 729 g/mol. The molecule has 18 nitrogen and oxygen atoms in total. The van der Waals surface area contributed by atoms with Gasteiger partial charge in [-0.25, -0.2) is 8.42 Å². The van der Waals surface area contributed by atoms with Crippen molar-refractivity contribution in [2.45, 2.75) is 4.90 Å². The standard InChI is InChI=1S/C29H28FN9O9S2/c1-2-49(42,43)15-14-47-13-12-31-28-33-27(30)34-29(35-28)32-22-16-20(50(44,45)46)17-23(25(22)41)37-39-26(19-8-4-3-5-9-19)38-36-21-10-6-7-11-24(21)48-18-40/h2-11,16-18,37,41H,1,12-15H2,(H,44,45,46)(H2,31,32,33,34,35). The summed E-state index contributed by atoms with van der Waals surface area (Å²) in [6.45, 7) is 3.35. The van der Waals surface area contributed by atoms with Gasteiger partial charge >= 0.3 is 6.08 Å². The molecule has 262 valence electrons. The number of sulfone groups is 1. The topological polar surface area (TPSA) is 256 Å². The molecule has 0 atom stereocenters. The number of carbonyl (C=O) groups is 1. The van der Waals surface area contributed by atoms with Crippen LogP contribution in [0.25, 0.3) is 0 Å². The third kappa shape index (κ3) is 10.8. The van der Waals surface area contributed by atoms with E-state index in [4.69, 9.17) is 9.47 Å². The number of phenols is 1. The van der Waals surface area contributed by atoms with Crippen LogP contribution >= 0.6 is 0 Å². The van der Waals surface area contributed by atoms with E-state index in [0.29, 0.717) is 5.56 Å². The second kappa shape index (κ2) is 17.0. The largest absolute Gasteiger partial charge is 0.504 e. The van der Waals surface area contributed by atoms with Crippen molar-refractivity contribution < 1.29 is 45.2 Å². The number of amidine groups is 1. The molecule has 21 heteroatoms. The molecule has 0 saturated carbocycles. The van der Waals surface area contributed by atoms with Gasteiger partial charge in [0.05, 0.1) is 29.5 Å². The Morgan fingerprint density at radius 3 is 2.38 bits per heavy atom. The van der Waals surface area contributed by atoms with Gasteiger partial charge in [0.25, 0.3) is 16.6 Å². The van der Waals surface area contributed by atoms with Gasteiger partial charge in [-0.1, -0.05) is 49.0 Å². The van der Waals surface area contributed by atoms with E-state index >= 15 is 0 Å². The molecule has 1 aromatic heterocycles. The molecule has 50 heavy (non-hydrogen) atoms. The highest BCUT2D eigenvalue weighted by Crippen LogP contribution is 2.37. The summed E-state index contributed by atoms with van der Waals surface area (Å²) in [6.07, 6.45) is -1.26. The van der Waals surface area contributed by atoms with Gasteiger partial charge < -0.3 is 25.2 Å². The highest BCUT2D eigenvalue weighted by atomic mass is 32.2. The summed E-state index contributed by atoms with van der Waals surface area (Å²) in [5.41, 5.74) is 2.33. The number of nitrogens with one attached hydrogen (secondary N) is 3. The smallest absolute Gasteiger partial charge is 0.315 e. The molecule has 0 saturated heterocycles. The number of azo groups is 1. The lowest BCUT2D eigenvalue weighted by Crippen LogP contribution is -2.16. The Balaban J connectivity index is 1.60. The number of para-hydroxylation sites is 1. The lowest BCUT2D eigenvalue weighted by Gasteiger charge is -2.13. The predicted octanol–water partition coefficient (Wildman–Crippen LogP) is 3.79. The maximum Gasteiger partial charge on any atom is 0.315 e. The summed E-state index contributed by atoms with van der Waals surface area (Å²) in [5.74, 6) is -1.66. The van der Waals surface area contributed by atoms with Crippen LogP contribution in [0.1, 0.15) is 5.56 Å². The number of phenolic OH excluding ortho intramolecular Hbond substituents is 1. The minimum atomic E-state index is -4.87. The van der Waals surface area contributed by atoms with Gasteiger partial charge in [0.1, 0.15) is 11.4 Å². The maximum atomic E-state index is 14.3. The third-order valence-electron chi connectivity index (χ3n) is 6.14. The number of hydrogen-bond donors (Lipinski definition) is 5. The molecule has 0 amide bonds. The van der Waals surface area contributed by atoms with Gasteiger partial charge in [0.15, 0.2) is 21.3 Å². The second-order valence-electron chi connectivity index (χ2n) is 9.59. The van der Waals surface area contributed by atoms with Gasteiger partial charge in [-0.15, -0.1) is 10.2 Å². The zero-order valence-electron chi connectivity index (χ0n) is 25.7. The first kappa shape index (κ1) is 36.9. The average molecular weight is 730 g/mol. The molecule has 0 unspecified atom stereocenters. The van der Waals surface area contributed by atoms with Crippen LogP contribution in [0.3, 0.4) is 0 Å². The van der Waals surface area contributed by atoms with E-state index in [-0.39, 0.29) is 60.9 Å². The molecule has 3 aromatic carbocycles. The van der Waals surface area contributed by atoms with E-state index in [1.54, 1.807) is 42.5 Å². The summed E-state index contributed by atoms with van der Waals surface area (Å²) in [6, 6.07) is 16.3. The molecule has 0 aliphatic carbocycles. The number of hydrogen-bond acceptors (Lipinski definition) is 16. The molecule has 0 aliphatic rings. The first-order chi connectivity index (χ1) is 23.9. The number of nitrogens with zero attached hydrogens (tertiary/aromatic N) is 6. The van der Waals surface area contributed by atoms with E-state index in [0.717, 1.165) is 17.5 Å². The van der Waals surface area contributed by atoms with Gasteiger partial charge in [-0.3, -0.25) is 14.8 Å². The van der Waals surface area contributed by atoms with E-state index in [1.165, 1.54) is 12.1 Å². The van der Waals surface area contributed by atoms with E-state index < -0.39 is 48.3 Å². The van der Waals surface area contributed by atoms with Crippen LogP contribution in [0.2, 0.25) is 0 Å². The van der Waals surface area contributed by atoms with Crippen molar-refractivity contribution in [3.8, 4) is 11.5 Å². The Kier molecular flexibility index (Phi) is 12.5. The van der Waals surface area contributed by atoms with Crippen molar-refractivity contribution in [2.75, 3.05) is 41.6 Å². The number of aromatic nitrogens is 3. The van der Waals surface area contributed by atoms with Crippen LogP contribution in [0.15, 0.2) is 98.9 Å². The minimum Gasteiger partial charge on any atom is -0.504 e. The maximum absolute atomic E-state index is 14.3. The van der Waals surface area contributed by atoms with E-state index in [2.05, 4.69) is 52.9 Å². The molecular weight excluding hydrogens is 702 g/mol. The quantitative estimate of drug-likeness (QED) is 0.0151. The molecule has 5 N–H and O–H groups in total. The molecule has 0 bridgehead atoms.